The highest BCUT2D eigenvalue weighted by Gasteiger charge is 2.43. The molecule has 6 atom stereocenters. The molecular weight excluding hydrogens is 549 g/mol. The second-order valence-electron chi connectivity index (χ2n) is 11.9. The van der Waals surface area contributed by atoms with Crippen molar-refractivity contribution in [1.82, 2.24) is 0 Å². The second-order valence-corrected chi connectivity index (χ2v) is 11.9. The van der Waals surface area contributed by atoms with Gasteiger partial charge in [0.05, 0.1) is 37.6 Å². The molecule has 0 aliphatic heterocycles. The fraction of sp³-hybridized carbons (Fsp3) is 0.909. The van der Waals surface area contributed by atoms with Gasteiger partial charge in [-0.25, -0.2) is 13.2 Å². The predicted octanol–water partition coefficient (Wildman–Crippen LogP) is 8.57. The van der Waals surface area contributed by atoms with Gasteiger partial charge in [-0.2, -0.15) is 0 Å². The Labute approximate surface area is 252 Å². The van der Waals surface area contributed by atoms with E-state index < -0.39 is 54.2 Å². The van der Waals surface area contributed by atoms with Crippen LogP contribution in [0, 0.1) is 17.8 Å². The van der Waals surface area contributed by atoms with E-state index in [4.69, 9.17) is 14.2 Å². The van der Waals surface area contributed by atoms with E-state index in [0.717, 1.165) is 57.8 Å². The summed E-state index contributed by atoms with van der Waals surface area (Å²) in [6.07, 6.45) is 7.12. The molecule has 42 heavy (non-hydrogen) atoms. The molecule has 0 aromatic heterocycles. The molecule has 1 rings (SSSR count). The molecule has 1 aliphatic rings. The SMILES string of the molecule is CCCCCC(F)CCOC(=O)C1CCC(C(=O)OCCC(F)CCCCC)C(C(=O)OCCC(F)CCCCC)C1. The molecule has 9 heteroatoms. The molecule has 6 unspecified atom stereocenters. The Morgan fingerprint density at radius 2 is 0.929 bits per heavy atom. The van der Waals surface area contributed by atoms with E-state index in [1.165, 1.54) is 0 Å². The van der Waals surface area contributed by atoms with Gasteiger partial charge in [0.25, 0.3) is 0 Å². The molecule has 6 nitrogen and oxygen atoms in total. The van der Waals surface area contributed by atoms with Gasteiger partial charge in [0, 0.05) is 19.3 Å². The quantitative estimate of drug-likeness (QED) is 0.0622. The van der Waals surface area contributed by atoms with Crippen LogP contribution in [0.25, 0.3) is 0 Å². The Kier molecular flexibility index (Phi) is 21.5. The Morgan fingerprint density at radius 3 is 1.33 bits per heavy atom. The monoisotopic (exact) mass is 606 g/mol. The molecule has 246 valence electrons. The van der Waals surface area contributed by atoms with E-state index in [1.807, 2.05) is 20.8 Å². The maximum Gasteiger partial charge on any atom is 0.309 e. The van der Waals surface area contributed by atoms with Crippen LogP contribution in [0.5, 0.6) is 0 Å². The molecule has 0 amide bonds. The lowest BCUT2D eigenvalue weighted by Crippen LogP contribution is -2.40. The fourth-order valence-corrected chi connectivity index (χ4v) is 5.40. The average Bonchev–Trinajstić information content (AvgIpc) is 2.97. The van der Waals surface area contributed by atoms with E-state index in [1.54, 1.807) is 0 Å². The van der Waals surface area contributed by atoms with Crippen molar-refractivity contribution in [2.75, 3.05) is 19.8 Å². The van der Waals surface area contributed by atoms with Gasteiger partial charge in [0.1, 0.15) is 18.5 Å². The van der Waals surface area contributed by atoms with Crippen LogP contribution in [0.4, 0.5) is 13.2 Å². The molecule has 0 heterocycles. The molecule has 1 saturated carbocycles. The molecule has 1 fully saturated rings. The maximum atomic E-state index is 14.2. The van der Waals surface area contributed by atoms with Crippen molar-refractivity contribution < 1.29 is 41.8 Å². The lowest BCUT2D eigenvalue weighted by Gasteiger charge is -2.32. The summed E-state index contributed by atoms with van der Waals surface area (Å²) in [5, 5.41) is 0. The molecule has 0 bridgehead atoms. The topological polar surface area (TPSA) is 78.9 Å². The van der Waals surface area contributed by atoms with Crippen LogP contribution in [0.2, 0.25) is 0 Å². The first-order valence-electron chi connectivity index (χ1n) is 16.6. The lowest BCUT2D eigenvalue weighted by molar-refractivity contribution is -0.167. The number of ether oxygens (including phenoxy) is 3. The number of unbranched alkanes of at least 4 members (excludes halogenated alkanes) is 6. The minimum Gasteiger partial charge on any atom is -0.465 e. The van der Waals surface area contributed by atoms with Crippen molar-refractivity contribution in [2.45, 2.75) is 155 Å². The second kappa shape index (κ2) is 23.6. The van der Waals surface area contributed by atoms with Crippen LogP contribution in [-0.2, 0) is 28.6 Å². The molecule has 0 saturated heterocycles. The van der Waals surface area contributed by atoms with Crippen molar-refractivity contribution in [3.8, 4) is 0 Å². The van der Waals surface area contributed by atoms with Crippen LogP contribution in [0.1, 0.15) is 136 Å². The summed E-state index contributed by atoms with van der Waals surface area (Å²) in [5.41, 5.74) is 0. The Morgan fingerprint density at radius 1 is 0.548 bits per heavy atom. The lowest BCUT2D eigenvalue weighted by atomic mass is 9.74. The summed E-state index contributed by atoms with van der Waals surface area (Å²) >= 11 is 0. The summed E-state index contributed by atoms with van der Waals surface area (Å²) < 4.78 is 58.4. The third-order valence-electron chi connectivity index (χ3n) is 8.18. The van der Waals surface area contributed by atoms with Crippen LogP contribution in [-0.4, -0.2) is 56.2 Å². The van der Waals surface area contributed by atoms with Crippen molar-refractivity contribution >= 4 is 17.9 Å². The standard InChI is InChI=1S/C33H57F3O6/c1-4-7-10-13-26(34)18-21-40-31(37)25-16-17-29(32(38)41-22-19-27(35)14-11-8-5-2)30(24-25)33(39)42-23-20-28(36)15-12-9-6-3/h25-30H,4-24H2,1-3H3. The van der Waals surface area contributed by atoms with Gasteiger partial charge < -0.3 is 14.2 Å². The third kappa shape index (κ3) is 16.7. The highest BCUT2D eigenvalue weighted by molar-refractivity contribution is 5.83. The Bertz CT molecular complexity index is 737. The first-order chi connectivity index (χ1) is 20.2. The minimum absolute atomic E-state index is 0.0330. The summed E-state index contributed by atoms with van der Waals surface area (Å²) in [5.74, 6) is -4.22. The van der Waals surface area contributed by atoms with Crippen LogP contribution < -0.4 is 0 Å². The summed E-state index contributed by atoms with van der Waals surface area (Å²) in [4.78, 5) is 38.8. The smallest absolute Gasteiger partial charge is 0.309 e. The van der Waals surface area contributed by atoms with E-state index >= 15 is 0 Å². The molecular formula is C33H57F3O6. The highest BCUT2D eigenvalue weighted by atomic mass is 19.1. The summed E-state index contributed by atoms with van der Waals surface area (Å²) in [6, 6.07) is 0. The summed E-state index contributed by atoms with van der Waals surface area (Å²) in [6.45, 7) is 5.90. The number of rotatable bonds is 24. The number of carbonyl (C=O) groups excluding carboxylic acids is 3. The zero-order chi connectivity index (χ0) is 31.2. The molecule has 0 spiro atoms. The molecule has 1 aliphatic carbocycles. The van der Waals surface area contributed by atoms with E-state index in [9.17, 15) is 27.6 Å². The van der Waals surface area contributed by atoms with Crippen LogP contribution >= 0.6 is 0 Å². The summed E-state index contributed by atoms with van der Waals surface area (Å²) in [7, 11) is 0. The van der Waals surface area contributed by atoms with E-state index in [2.05, 4.69) is 0 Å². The van der Waals surface area contributed by atoms with Gasteiger partial charge >= 0.3 is 17.9 Å². The number of hydrogen-bond acceptors (Lipinski definition) is 6. The molecule has 0 radical (unpaired) electrons. The first kappa shape index (κ1) is 38.2. The van der Waals surface area contributed by atoms with Gasteiger partial charge in [-0.3, -0.25) is 14.4 Å². The van der Waals surface area contributed by atoms with Gasteiger partial charge in [0.15, 0.2) is 0 Å². The zero-order valence-corrected chi connectivity index (χ0v) is 26.4. The fourth-order valence-electron chi connectivity index (χ4n) is 5.40. The van der Waals surface area contributed by atoms with Crippen molar-refractivity contribution in [2.24, 2.45) is 17.8 Å². The van der Waals surface area contributed by atoms with E-state index in [-0.39, 0.29) is 51.9 Å². The Balaban J connectivity index is 2.68. The minimum atomic E-state index is -1.08. The van der Waals surface area contributed by atoms with Gasteiger partial charge in [0.2, 0.25) is 0 Å². The average molecular weight is 607 g/mol. The van der Waals surface area contributed by atoms with Crippen molar-refractivity contribution in [3.05, 3.63) is 0 Å². The molecule has 0 aromatic carbocycles. The van der Waals surface area contributed by atoms with Crippen LogP contribution in [0.15, 0.2) is 0 Å². The number of esters is 3. The zero-order valence-electron chi connectivity index (χ0n) is 26.4. The molecule has 0 N–H and O–H groups in total. The maximum absolute atomic E-state index is 14.2. The van der Waals surface area contributed by atoms with Crippen LogP contribution in [0.3, 0.4) is 0 Å². The normalized spacial score (nSPS) is 20.9. The Hall–Kier alpha value is -1.80. The predicted molar refractivity (Wildman–Crippen MR) is 158 cm³/mol. The highest BCUT2D eigenvalue weighted by Crippen LogP contribution is 2.36. The van der Waals surface area contributed by atoms with Gasteiger partial charge in [-0.15, -0.1) is 0 Å². The van der Waals surface area contributed by atoms with Gasteiger partial charge in [-0.05, 0) is 38.5 Å². The third-order valence-corrected chi connectivity index (χ3v) is 8.18. The largest absolute Gasteiger partial charge is 0.465 e. The van der Waals surface area contributed by atoms with Crippen molar-refractivity contribution in [1.29, 1.82) is 0 Å². The number of hydrogen-bond donors (Lipinski definition) is 0. The van der Waals surface area contributed by atoms with Crippen molar-refractivity contribution in [3.63, 3.8) is 0 Å². The number of carbonyl (C=O) groups is 3. The number of alkyl halides is 3. The molecule has 0 aromatic rings. The first-order valence-corrected chi connectivity index (χ1v) is 16.6. The van der Waals surface area contributed by atoms with Gasteiger partial charge in [-0.1, -0.05) is 78.6 Å². The number of halogens is 3. The van der Waals surface area contributed by atoms with E-state index in [0.29, 0.717) is 25.7 Å².